The first kappa shape index (κ1) is 54.7. The van der Waals surface area contributed by atoms with Gasteiger partial charge in [0.05, 0.1) is 31.5 Å². The van der Waals surface area contributed by atoms with E-state index in [-0.39, 0.29) is 0 Å². The maximum Gasteiger partial charge on any atom is 0.0734 e. The Morgan fingerprint density at radius 3 is 1.07 bits per heavy atom. The quantitative estimate of drug-likeness (QED) is 0.143. The van der Waals surface area contributed by atoms with Crippen LogP contribution in [0.2, 0.25) is 0 Å². The lowest BCUT2D eigenvalue weighted by molar-refractivity contribution is 1.19. The summed E-state index contributed by atoms with van der Waals surface area (Å²) in [6, 6.07) is 120. The van der Waals surface area contributed by atoms with Crippen molar-refractivity contribution in [1.82, 2.24) is 9.13 Å². The topological polar surface area (TPSA) is 9.86 Å². The molecule has 20 aromatic rings. The van der Waals surface area contributed by atoms with E-state index in [1.165, 1.54) is 181 Å². The monoisotopic (exact) mass is 1270 g/mol. The average molecular weight is 1270 g/mol. The highest BCUT2D eigenvalue weighted by molar-refractivity contribution is 7.28. The molecule has 6 heteroatoms. The summed E-state index contributed by atoms with van der Waals surface area (Å²) in [5.74, 6) is 0. The number of rotatable bonds is 8. The molecule has 94 heavy (non-hydrogen) atoms. The third kappa shape index (κ3) is 8.94. The van der Waals surface area contributed by atoms with Gasteiger partial charge in [0.15, 0.2) is 0 Å². The maximum absolute atomic E-state index is 2.46. The van der Waals surface area contributed by atoms with Crippen molar-refractivity contribution in [3.8, 4) is 78.1 Å². The Labute approximate surface area is 558 Å². The molecule has 0 spiro atoms. The molecule has 440 valence electrons. The maximum atomic E-state index is 2.46. The van der Waals surface area contributed by atoms with Crippen LogP contribution >= 0.6 is 45.3 Å². The van der Waals surface area contributed by atoms with Gasteiger partial charge in [0.25, 0.3) is 0 Å². The van der Waals surface area contributed by atoms with E-state index in [2.05, 4.69) is 337 Å². The van der Waals surface area contributed by atoms with Gasteiger partial charge in [0.1, 0.15) is 0 Å². The van der Waals surface area contributed by atoms with Crippen LogP contribution in [0, 0.1) is 0 Å². The molecular weight excluding hydrogens is 1210 g/mol. The van der Waals surface area contributed by atoms with Crippen LogP contribution in [-0.2, 0) is 0 Å². The molecule has 0 atom stereocenters. The number of hydrogen-bond acceptors (Lipinski definition) is 4. The minimum absolute atomic E-state index is 1.19. The van der Waals surface area contributed by atoms with Crippen LogP contribution in [0.4, 0.5) is 0 Å². The summed E-state index contributed by atoms with van der Waals surface area (Å²) in [5.41, 5.74) is 22.6. The lowest BCUT2D eigenvalue weighted by Gasteiger charge is -2.11. The minimum atomic E-state index is 1.19. The van der Waals surface area contributed by atoms with Crippen LogP contribution in [0.15, 0.2) is 328 Å². The molecule has 0 amide bonds. The minimum Gasteiger partial charge on any atom is -0.308 e. The van der Waals surface area contributed by atoms with Gasteiger partial charge in [-0.3, -0.25) is 0 Å². The van der Waals surface area contributed by atoms with Gasteiger partial charge in [-0.15, -0.1) is 45.3 Å². The predicted molar refractivity (Wildman–Crippen MR) is 411 cm³/mol. The molecule has 0 aliphatic rings. The van der Waals surface area contributed by atoms with E-state index < -0.39 is 0 Å². The number of thiophene rings is 4. The summed E-state index contributed by atoms with van der Waals surface area (Å²) >= 11 is 7.60. The first-order valence-electron chi connectivity index (χ1n) is 31.9. The van der Waals surface area contributed by atoms with E-state index in [1.807, 2.05) is 45.3 Å². The van der Waals surface area contributed by atoms with Gasteiger partial charge in [0, 0.05) is 82.7 Å². The van der Waals surface area contributed by atoms with Gasteiger partial charge in [-0.1, -0.05) is 255 Å². The van der Waals surface area contributed by atoms with Crippen molar-refractivity contribution in [3.63, 3.8) is 0 Å². The van der Waals surface area contributed by atoms with Crippen molar-refractivity contribution in [1.29, 1.82) is 0 Å². The molecule has 0 saturated carbocycles. The van der Waals surface area contributed by atoms with Crippen molar-refractivity contribution < 1.29 is 0 Å². The molecule has 6 aromatic heterocycles. The van der Waals surface area contributed by atoms with E-state index in [1.54, 1.807) is 0 Å². The van der Waals surface area contributed by atoms with E-state index in [9.17, 15) is 0 Å². The zero-order chi connectivity index (χ0) is 61.8. The van der Waals surface area contributed by atoms with Gasteiger partial charge in [-0.25, -0.2) is 0 Å². The van der Waals surface area contributed by atoms with Gasteiger partial charge in [-0.2, -0.15) is 0 Å². The third-order valence-corrected chi connectivity index (χ3v) is 23.6. The Hall–Kier alpha value is -11.0. The first-order valence-corrected chi connectivity index (χ1v) is 35.1. The van der Waals surface area contributed by atoms with Gasteiger partial charge < -0.3 is 9.13 Å². The fourth-order valence-electron chi connectivity index (χ4n) is 14.6. The molecule has 0 bridgehead atoms. The van der Waals surface area contributed by atoms with Gasteiger partial charge in [0.2, 0.25) is 0 Å². The molecular formula is C88H54N2S4. The lowest BCUT2D eigenvalue weighted by atomic mass is 9.96. The Balaban J connectivity index is 0.000000133. The molecule has 0 unspecified atom stereocenters. The molecule has 0 aliphatic carbocycles. The first-order chi connectivity index (χ1) is 46.6. The number of para-hydroxylation sites is 4. The summed E-state index contributed by atoms with van der Waals surface area (Å²) in [5, 5.41) is 10.5. The highest BCUT2D eigenvalue weighted by Crippen LogP contribution is 2.50. The second-order valence-corrected chi connectivity index (χ2v) is 28.4. The van der Waals surface area contributed by atoms with E-state index in [0.717, 1.165) is 0 Å². The second kappa shape index (κ2) is 22.4. The fourth-order valence-corrected chi connectivity index (χ4v) is 19.6. The summed E-state index contributed by atoms with van der Waals surface area (Å²) in [6.45, 7) is 0. The standard InChI is InChI=1S/2C44H27NS2/c1-3-13-28(14-4-1)33-21-10-23-35-36-24-11-22-34(43(36)47-42(33)35)30-16-9-15-29(27-30)32-20-12-26-39-40(32)41-44(46-39)37-19-7-8-25-38(37)45(41)31-17-5-2-6-18-31;1-3-11-28(12-4-1)30-21-23-35-36-24-22-31(27-41(36)46-40(35)26-30)29-13-9-14-32(25-29)34-18-10-20-39-42(34)43-44(47-39)37-17-7-8-19-38(37)45(43)33-15-5-2-6-16-33/h2*1-27H. The second-order valence-electron chi connectivity index (χ2n) is 24.2. The number of nitrogens with zero attached hydrogens (tertiary/aromatic N) is 2. The highest BCUT2D eigenvalue weighted by Gasteiger charge is 2.23. The van der Waals surface area contributed by atoms with Crippen LogP contribution in [0.1, 0.15) is 0 Å². The highest BCUT2D eigenvalue weighted by atomic mass is 32.1. The summed E-state index contributed by atoms with van der Waals surface area (Å²) < 4.78 is 15.6. The van der Waals surface area contributed by atoms with Crippen molar-refractivity contribution >= 4 is 148 Å². The SMILES string of the molecule is c1ccc(-c2ccc3c(c2)sc2cc(-c4cccc(-c5cccc6sc7c8ccccc8n(-c8ccccc8)c7c56)c4)ccc23)cc1.c1ccc(-c2cccc3c2sc2c(-c4cccc(-c5cccc6sc7c8ccccc8n(-c8ccccc8)c7c56)c4)cccc23)cc1. The van der Waals surface area contributed by atoms with Gasteiger partial charge in [-0.05, 0) is 140 Å². The van der Waals surface area contributed by atoms with Crippen molar-refractivity contribution in [2.45, 2.75) is 0 Å². The third-order valence-electron chi connectivity index (χ3n) is 18.8. The number of aromatic nitrogens is 2. The molecule has 0 N–H and O–H groups in total. The fraction of sp³-hybridized carbons (Fsp3) is 0. The molecule has 6 heterocycles. The Bertz CT molecular complexity index is 6340. The van der Waals surface area contributed by atoms with Crippen LogP contribution in [0.5, 0.6) is 0 Å². The van der Waals surface area contributed by atoms with Crippen LogP contribution in [0.3, 0.4) is 0 Å². The molecule has 14 aromatic carbocycles. The molecule has 0 fully saturated rings. The Morgan fingerprint density at radius 2 is 0.553 bits per heavy atom. The molecule has 0 aliphatic heterocycles. The number of fused-ring (bicyclic) bond motifs is 16. The number of hydrogen-bond donors (Lipinski definition) is 0. The smallest absolute Gasteiger partial charge is 0.0734 e. The zero-order valence-corrected chi connectivity index (χ0v) is 54.0. The van der Waals surface area contributed by atoms with E-state index in [0.29, 0.717) is 0 Å². The molecule has 2 nitrogen and oxygen atoms in total. The Morgan fingerprint density at radius 1 is 0.191 bits per heavy atom. The van der Waals surface area contributed by atoms with Crippen molar-refractivity contribution in [2.75, 3.05) is 0 Å². The van der Waals surface area contributed by atoms with Crippen molar-refractivity contribution in [3.05, 3.63) is 328 Å². The number of benzene rings is 14. The largest absolute Gasteiger partial charge is 0.308 e. The average Bonchev–Trinajstić information content (AvgIpc) is 1.56. The van der Waals surface area contributed by atoms with Gasteiger partial charge >= 0.3 is 0 Å². The lowest BCUT2D eigenvalue weighted by Crippen LogP contribution is -1.93. The van der Waals surface area contributed by atoms with E-state index >= 15 is 0 Å². The molecule has 20 rings (SSSR count). The summed E-state index contributed by atoms with van der Waals surface area (Å²) in [4.78, 5) is 0. The zero-order valence-electron chi connectivity index (χ0n) is 50.7. The van der Waals surface area contributed by atoms with E-state index in [4.69, 9.17) is 0 Å². The van der Waals surface area contributed by atoms with Crippen LogP contribution in [-0.4, -0.2) is 9.13 Å². The molecule has 0 radical (unpaired) electrons. The van der Waals surface area contributed by atoms with Crippen LogP contribution in [0.25, 0.3) is 181 Å². The Kier molecular flexibility index (Phi) is 13.1. The van der Waals surface area contributed by atoms with Crippen molar-refractivity contribution in [2.24, 2.45) is 0 Å². The predicted octanol–water partition coefficient (Wildman–Crippen LogP) is 26.7. The van der Waals surface area contributed by atoms with Crippen LogP contribution < -0.4 is 0 Å². The summed E-state index contributed by atoms with van der Waals surface area (Å²) in [7, 11) is 0. The molecule has 0 saturated heterocycles. The summed E-state index contributed by atoms with van der Waals surface area (Å²) in [6.07, 6.45) is 0. The normalized spacial score (nSPS) is 11.8.